The van der Waals surface area contributed by atoms with Crippen LogP contribution < -0.4 is 10.9 Å². The Morgan fingerprint density at radius 2 is 2.00 bits per heavy atom. The number of nitrogens with zero attached hydrogens (tertiary/aromatic N) is 4. The Morgan fingerprint density at radius 3 is 2.73 bits per heavy atom. The van der Waals surface area contributed by atoms with E-state index in [1.165, 1.54) is 0 Å². The zero-order valence-electron chi connectivity index (χ0n) is 15.3. The summed E-state index contributed by atoms with van der Waals surface area (Å²) in [7, 11) is 3.88. The fourth-order valence-corrected chi connectivity index (χ4v) is 3.10. The molecule has 0 radical (unpaired) electrons. The van der Waals surface area contributed by atoms with Gasteiger partial charge in [0.05, 0.1) is 12.2 Å². The number of urea groups is 1. The molecule has 7 heteroatoms. The van der Waals surface area contributed by atoms with Crippen molar-refractivity contribution in [1.29, 1.82) is 0 Å². The summed E-state index contributed by atoms with van der Waals surface area (Å²) in [6, 6.07) is 11.3. The summed E-state index contributed by atoms with van der Waals surface area (Å²) >= 11 is 0. The highest BCUT2D eigenvalue weighted by Gasteiger charge is 2.21. The third-order valence-electron chi connectivity index (χ3n) is 4.33. The minimum absolute atomic E-state index is 0.0432. The number of carbonyl (C=O) groups excluding carboxylic acids is 1. The molecular formula is C19H25N5O2. The fraction of sp³-hybridized carbons (Fsp3) is 0.421. The quantitative estimate of drug-likeness (QED) is 0.900. The molecule has 0 bridgehead atoms. The first-order valence-corrected chi connectivity index (χ1v) is 8.84. The van der Waals surface area contributed by atoms with Crippen molar-refractivity contribution in [2.24, 2.45) is 0 Å². The molecule has 0 unspecified atom stereocenters. The Kier molecular flexibility index (Phi) is 5.68. The van der Waals surface area contributed by atoms with Gasteiger partial charge in [-0.1, -0.05) is 30.3 Å². The second-order valence-electron chi connectivity index (χ2n) is 6.81. The molecule has 1 aromatic heterocycles. The van der Waals surface area contributed by atoms with Crippen molar-refractivity contribution in [3.05, 3.63) is 63.8 Å². The third-order valence-corrected chi connectivity index (χ3v) is 4.33. The lowest BCUT2D eigenvalue weighted by molar-refractivity contribution is 0.195. The van der Waals surface area contributed by atoms with Crippen LogP contribution >= 0.6 is 0 Å². The largest absolute Gasteiger partial charge is 0.334 e. The summed E-state index contributed by atoms with van der Waals surface area (Å²) in [5.74, 6) is 0.654. The lowest BCUT2D eigenvalue weighted by Gasteiger charge is -2.21. The van der Waals surface area contributed by atoms with Gasteiger partial charge in [-0.05, 0) is 26.1 Å². The summed E-state index contributed by atoms with van der Waals surface area (Å²) < 4.78 is 1.68. The number of hydrogen-bond donors (Lipinski definition) is 1. The van der Waals surface area contributed by atoms with E-state index in [1.807, 2.05) is 49.3 Å². The topological polar surface area (TPSA) is 70.5 Å². The first-order valence-electron chi connectivity index (χ1n) is 8.84. The number of fused-ring (bicyclic) bond motifs is 1. The molecule has 1 aliphatic rings. The maximum absolute atomic E-state index is 12.6. The van der Waals surface area contributed by atoms with E-state index >= 15 is 0 Å². The summed E-state index contributed by atoms with van der Waals surface area (Å²) in [5, 5.41) is 2.95. The van der Waals surface area contributed by atoms with Gasteiger partial charge in [0.25, 0.3) is 5.56 Å². The van der Waals surface area contributed by atoms with Crippen LogP contribution in [0.5, 0.6) is 0 Å². The fourth-order valence-electron chi connectivity index (χ4n) is 3.10. The van der Waals surface area contributed by atoms with Gasteiger partial charge in [0.2, 0.25) is 0 Å². The Hall–Kier alpha value is -2.67. The van der Waals surface area contributed by atoms with Crippen LogP contribution in [0.15, 0.2) is 41.2 Å². The SMILES string of the molecule is CN(C)Cc1cc(=O)n2c(n1)CN(C(=O)NCc1ccccc1)CCC2. The van der Waals surface area contributed by atoms with E-state index < -0.39 is 0 Å². The molecule has 2 aromatic rings. The van der Waals surface area contributed by atoms with Crippen LogP contribution in [0.3, 0.4) is 0 Å². The van der Waals surface area contributed by atoms with Crippen LogP contribution in [0, 0.1) is 0 Å². The van der Waals surface area contributed by atoms with Crippen LogP contribution in [0.25, 0.3) is 0 Å². The molecule has 0 aliphatic carbocycles. The molecule has 0 atom stereocenters. The van der Waals surface area contributed by atoms with E-state index in [0.29, 0.717) is 38.5 Å². The first kappa shape index (κ1) is 18.1. The molecule has 3 rings (SSSR count). The molecule has 0 saturated heterocycles. The number of aromatic nitrogens is 2. The smallest absolute Gasteiger partial charge is 0.318 e. The first-order chi connectivity index (χ1) is 12.5. The van der Waals surface area contributed by atoms with Crippen LogP contribution in [-0.2, 0) is 26.2 Å². The van der Waals surface area contributed by atoms with E-state index in [-0.39, 0.29) is 11.6 Å². The van der Waals surface area contributed by atoms with E-state index in [4.69, 9.17) is 0 Å². The van der Waals surface area contributed by atoms with E-state index in [1.54, 1.807) is 15.5 Å². The summed E-state index contributed by atoms with van der Waals surface area (Å²) in [5.41, 5.74) is 1.75. The lowest BCUT2D eigenvalue weighted by atomic mass is 10.2. The van der Waals surface area contributed by atoms with Crippen molar-refractivity contribution >= 4 is 6.03 Å². The van der Waals surface area contributed by atoms with Gasteiger partial charge in [0.1, 0.15) is 5.82 Å². The predicted octanol–water partition coefficient (Wildman–Crippen LogP) is 1.42. The highest BCUT2D eigenvalue weighted by atomic mass is 16.2. The lowest BCUT2D eigenvalue weighted by Crippen LogP contribution is -2.39. The van der Waals surface area contributed by atoms with Gasteiger partial charge in [0, 0.05) is 32.2 Å². The molecule has 1 aromatic carbocycles. The van der Waals surface area contributed by atoms with Crippen LogP contribution in [0.4, 0.5) is 4.79 Å². The van der Waals surface area contributed by atoms with Gasteiger partial charge in [-0.15, -0.1) is 0 Å². The van der Waals surface area contributed by atoms with Gasteiger partial charge in [0.15, 0.2) is 0 Å². The molecule has 2 heterocycles. The Balaban J connectivity index is 1.72. The van der Waals surface area contributed by atoms with Gasteiger partial charge >= 0.3 is 6.03 Å². The Bertz CT molecular complexity index is 816. The van der Waals surface area contributed by atoms with Gasteiger partial charge in [-0.25, -0.2) is 9.78 Å². The summed E-state index contributed by atoms with van der Waals surface area (Å²) in [6.45, 7) is 2.62. The van der Waals surface area contributed by atoms with Gasteiger partial charge in [-0.2, -0.15) is 0 Å². The van der Waals surface area contributed by atoms with Crippen molar-refractivity contribution in [1.82, 2.24) is 24.7 Å². The highest BCUT2D eigenvalue weighted by Crippen LogP contribution is 2.10. The number of amides is 2. The van der Waals surface area contributed by atoms with Gasteiger partial charge < -0.3 is 15.1 Å². The zero-order chi connectivity index (χ0) is 18.5. The second kappa shape index (κ2) is 8.14. The molecule has 1 N–H and O–H groups in total. The minimum Gasteiger partial charge on any atom is -0.334 e. The Labute approximate surface area is 153 Å². The summed E-state index contributed by atoms with van der Waals surface area (Å²) in [4.78, 5) is 33.3. The van der Waals surface area contributed by atoms with Crippen LogP contribution in [0.1, 0.15) is 23.5 Å². The van der Waals surface area contributed by atoms with Crippen LogP contribution in [0.2, 0.25) is 0 Å². The van der Waals surface area contributed by atoms with E-state index in [2.05, 4.69) is 10.3 Å². The molecule has 0 fully saturated rings. The van der Waals surface area contributed by atoms with Crippen molar-refractivity contribution in [3.8, 4) is 0 Å². The van der Waals surface area contributed by atoms with Crippen LogP contribution in [-0.4, -0.2) is 46.0 Å². The predicted molar refractivity (Wildman–Crippen MR) is 99.6 cm³/mol. The number of nitrogens with one attached hydrogen (secondary N) is 1. The van der Waals surface area contributed by atoms with E-state index in [9.17, 15) is 9.59 Å². The third kappa shape index (κ3) is 4.49. The number of benzene rings is 1. The average Bonchev–Trinajstić information content (AvgIpc) is 2.83. The monoisotopic (exact) mass is 355 g/mol. The number of carbonyl (C=O) groups is 1. The van der Waals surface area contributed by atoms with Crippen molar-refractivity contribution in [3.63, 3.8) is 0 Å². The average molecular weight is 355 g/mol. The number of rotatable bonds is 4. The molecule has 0 spiro atoms. The molecular weight excluding hydrogens is 330 g/mol. The van der Waals surface area contributed by atoms with Gasteiger partial charge in [-0.3, -0.25) is 9.36 Å². The van der Waals surface area contributed by atoms with Crippen molar-refractivity contribution < 1.29 is 4.79 Å². The molecule has 1 aliphatic heterocycles. The zero-order valence-corrected chi connectivity index (χ0v) is 15.3. The maximum atomic E-state index is 12.6. The minimum atomic E-state index is -0.130. The molecule has 138 valence electrons. The van der Waals surface area contributed by atoms with Crippen molar-refractivity contribution in [2.45, 2.75) is 32.6 Å². The number of hydrogen-bond acceptors (Lipinski definition) is 4. The van der Waals surface area contributed by atoms with E-state index in [0.717, 1.165) is 17.7 Å². The molecule has 26 heavy (non-hydrogen) atoms. The molecule has 2 amide bonds. The second-order valence-corrected chi connectivity index (χ2v) is 6.81. The standard InChI is InChI=1S/C19H25N5O2/c1-22(2)13-16-11-18(25)24-10-6-9-23(14-17(24)21-16)19(26)20-12-15-7-4-3-5-8-15/h3-5,7-8,11H,6,9-10,12-14H2,1-2H3,(H,20,26). The molecule has 0 saturated carbocycles. The normalized spacial score (nSPS) is 14.0. The molecule has 7 nitrogen and oxygen atoms in total. The highest BCUT2D eigenvalue weighted by molar-refractivity contribution is 5.74. The maximum Gasteiger partial charge on any atom is 0.318 e. The Morgan fingerprint density at radius 1 is 1.23 bits per heavy atom. The summed E-state index contributed by atoms with van der Waals surface area (Å²) in [6.07, 6.45) is 0.736. The van der Waals surface area contributed by atoms with Crippen molar-refractivity contribution in [2.75, 3.05) is 20.6 Å².